The maximum atomic E-state index is 12.2. The van der Waals surface area contributed by atoms with Gasteiger partial charge in [0.1, 0.15) is 11.8 Å². The van der Waals surface area contributed by atoms with E-state index in [0.29, 0.717) is 29.8 Å². The van der Waals surface area contributed by atoms with E-state index in [9.17, 15) is 15.2 Å². The molecular weight excluding hydrogens is 406 g/mol. The molecule has 32 heavy (non-hydrogen) atoms. The molecule has 7 heteroatoms. The van der Waals surface area contributed by atoms with Gasteiger partial charge in [-0.25, -0.2) is 0 Å². The lowest BCUT2D eigenvalue weighted by Crippen LogP contribution is -2.41. The van der Waals surface area contributed by atoms with E-state index in [2.05, 4.69) is 17.6 Å². The van der Waals surface area contributed by atoms with E-state index >= 15 is 0 Å². The van der Waals surface area contributed by atoms with Gasteiger partial charge >= 0.3 is 5.97 Å². The highest BCUT2D eigenvalue weighted by molar-refractivity contribution is 5.80. The second-order valence-corrected chi connectivity index (χ2v) is 8.54. The van der Waals surface area contributed by atoms with Gasteiger partial charge in [0.25, 0.3) is 0 Å². The molecule has 2 aromatic rings. The number of hydrogen-bond donors (Lipinski definition) is 3. The van der Waals surface area contributed by atoms with Gasteiger partial charge in [0, 0.05) is 12.1 Å². The Bertz CT molecular complexity index is 1150. The number of carbonyl (C=O) groups is 1. The molecule has 7 nitrogen and oxygen atoms in total. The third-order valence-corrected chi connectivity index (χ3v) is 6.25. The predicted molar refractivity (Wildman–Crippen MR) is 119 cm³/mol. The maximum Gasteiger partial charge on any atom is 0.309 e. The quantitative estimate of drug-likeness (QED) is 0.637. The van der Waals surface area contributed by atoms with Gasteiger partial charge in [-0.3, -0.25) is 15.1 Å². The van der Waals surface area contributed by atoms with Crippen LogP contribution in [0, 0.1) is 17.2 Å². The molecule has 0 radical (unpaired) electrons. The minimum Gasteiger partial charge on any atom is -0.490 e. The molecule has 4 rings (SSSR count). The first-order chi connectivity index (χ1) is 15.3. The molecule has 0 saturated carbocycles. The van der Waals surface area contributed by atoms with Gasteiger partial charge in [-0.1, -0.05) is 24.3 Å². The van der Waals surface area contributed by atoms with Crippen LogP contribution in [0.4, 0.5) is 0 Å². The number of carboxylic acid groups (broad SMARTS) is 1. The summed E-state index contributed by atoms with van der Waals surface area (Å²) in [6.45, 7) is 5.88. The molecule has 166 valence electrons. The van der Waals surface area contributed by atoms with Crippen molar-refractivity contribution in [2.75, 3.05) is 0 Å². The summed E-state index contributed by atoms with van der Waals surface area (Å²) in [5.41, 5.74) is 13.4. The molecule has 2 unspecified atom stereocenters. The average molecular weight is 434 g/mol. The Hall–Kier alpha value is -3.34. The van der Waals surface area contributed by atoms with E-state index in [1.165, 1.54) is 0 Å². The summed E-state index contributed by atoms with van der Waals surface area (Å²) in [5, 5.41) is 19.7. The largest absolute Gasteiger partial charge is 0.490 e. The topological polar surface area (TPSA) is 118 Å². The summed E-state index contributed by atoms with van der Waals surface area (Å²) in [6, 6.07) is 13.4. The number of nitriles is 1. The number of hydrogen-bond acceptors (Lipinski definition) is 6. The van der Waals surface area contributed by atoms with Gasteiger partial charge in [-0.05, 0) is 68.0 Å². The van der Waals surface area contributed by atoms with Crippen molar-refractivity contribution in [1.29, 1.82) is 5.26 Å². The number of rotatable bonds is 6. The van der Waals surface area contributed by atoms with Crippen LogP contribution >= 0.6 is 0 Å². The number of nitrogens with zero attached hydrogens (tertiary/aromatic N) is 1. The standard InChI is InChI=1S/C25H27N3O4/c1-14(2)31-22-9-6-19(11-18(22)13-27)25(15(3)24(29)30)21-8-5-17-10-16(12-26)4-7-20(17)23(21)28-32-25/h4,6-7,9-11,14-15,28H,5,8,12,26H2,1-3H3,(H,29,30). The summed E-state index contributed by atoms with van der Waals surface area (Å²) < 4.78 is 5.75. The van der Waals surface area contributed by atoms with Gasteiger partial charge in [-0.15, -0.1) is 0 Å². The zero-order valence-corrected chi connectivity index (χ0v) is 18.4. The van der Waals surface area contributed by atoms with Crippen molar-refractivity contribution < 1.29 is 19.5 Å². The number of fused-ring (bicyclic) bond motifs is 2. The lowest BCUT2D eigenvalue weighted by molar-refractivity contribution is -0.156. The number of nitrogens with two attached hydrogens (primary N) is 1. The molecule has 2 aromatic carbocycles. The molecule has 0 spiro atoms. The van der Waals surface area contributed by atoms with Gasteiger partial charge in [-0.2, -0.15) is 5.26 Å². The summed E-state index contributed by atoms with van der Waals surface area (Å²) in [6.07, 6.45) is 1.29. The monoisotopic (exact) mass is 433 g/mol. The van der Waals surface area contributed by atoms with Crippen LogP contribution < -0.4 is 16.0 Å². The van der Waals surface area contributed by atoms with E-state index < -0.39 is 17.5 Å². The van der Waals surface area contributed by atoms with Crippen molar-refractivity contribution >= 4 is 11.7 Å². The highest BCUT2D eigenvalue weighted by Gasteiger charge is 2.53. The lowest BCUT2D eigenvalue weighted by atomic mass is 9.71. The number of hydroxylamine groups is 1. The highest BCUT2D eigenvalue weighted by Crippen LogP contribution is 2.51. The fourth-order valence-electron chi connectivity index (χ4n) is 4.66. The van der Waals surface area contributed by atoms with Crippen molar-refractivity contribution in [1.82, 2.24) is 5.48 Å². The molecule has 2 atom stereocenters. The number of benzene rings is 2. The second kappa shape index (κ2) is 8.30. The smallest absolute Gasteiger partial charge is 0.309 e. The lowest BCUT2D eigenvalue weighted by Gasteiger charge is -2.35. The molecule has 0 bridgehead atoms. The molecule has 0 saturated heterocycles. The Morgan fingerprint density at radius 3 is 2.72 bits per heavy atom. The third-order valence-electron chi connectivity index (χ3n) is 6.25. The van der Waals surface area contributed by atoms with E-state index in [1.807, 2.05) is 26.0 Å². The summed E-state index contributed by atoms with van der Waals surface area (Å²) in [5.74, 6) is -1.41. The van der Waals surface area contributed by atoms with Crippen LogP contribution in [-0.4, -0.2) is 17.2 Å². The van der Waals surface area contributed by atoms with Crippen molar-refractivity contribution in [2.24, 2.45) is 11.7 Å². The van der Waals surface area contributed by atoms with E-state index in [1.54, 1.807) is 25.1 Å². The molecule has 4 N–H and O–H groups in total. The van der Waals surface area contributed by atoms with Crippen molar-refractivity contribution in [2.45, 2.75) is 51.9 Å². The minimum absolute atomic E-state index is 0.0909. The van der Waals surface area contributed by atoms with Gasteiger partial charge in [0.2, 0.25) is 0 Å². The zero-order valence-electron chi connectivity index (χ0n) is 18.4. The molecule has 1 aliphatic carbocycles. The van der Waals surface area contributed by atoms with Crippen LogP contribution in [0.2, 0.25) is 0 Å². The first kappa shape index (κ1) is 21.9. The zero-order chi connectivity index (χ0) is 23.0. The van der Waals surface area contributed by atoms with Crippen LogP contribution in [0.3, 0.4) is 0 Å². The Morgan fingerprint density at radius 2 is 2.06 bits per heavy atom. The Morgan fingerprint density at radius 1 is 1.28 bits per heavy atom. The van der Waals surface area contributed by atoms with E-state index in [4.69, 9.17) is 15.3 Å². The number of ether oxygens (including phenoxy) is 1. The molecular formula is C25H27N3O4. The predicted octanol–water partition coefficient (Wildman–Crippen LogP) is 3.61. The highest BCUT2D eigenvalue weighted by atomic mass is 16.7. The molecule has 1 aliphatic heterocycles. The number of aryl methyl sites for hydroxylation is 1. The van der Waals surface area contributed by atoms with Crippen molar-refractivity contribution in [3.8, 4) is 11.8 Å². The normalized spacial score (nSPS) is 20.2. The van der Waals surface area contributed by atoms with Crippen molar-refractivity contribution in [3.05, 3.63) is 69.8 Å². The third kappa shape index (κ3) is 3.42. The van der Waals surface area contributed by atoms with Crippen LogP contribution in [0.1, 0.15) is 55.0 Å². The van der Waals surface area contributed by atoms with Gasteiger partial charge in [0.15, 0.2) is 5.60 Å². The van der Waals surface area contributed by atoms with Gasteiger partial charge in [0.05, 0.1) is 23.3 Å². The first-order valence-corrected chi connectivity index (χ1v) is 10.8. The minimum atomic E-state index is -1.24. The molecule has 1 heterocycles. The Labute approximate surface area is 187 Å². The van der Waals surface area contributed by atoms with Crippen LogP contribution in [0.15, 0.2) is 42.0 Å². The fraction of sp³-hybridized carbons (Fsp3) is 0.360. The molecule has 0 amide bonds. The van der Waals surface area contributed by atoms with Crippen LogP contribution in [0.5, 0.6) is 5.75 Å². The average Bonchev–Trinajstić information content (AvgIpc) is 3.18. The fourth-order valence-corrected chi connectivity index (χ4v) is 4.66. The Kier molecular flexibility index (Phi) is 5.68. The summed E-state index contributed by atoms with van der Waals surface area (Å²) in [4.78, 5) is 18.4. The van der Waals surface area contributed by atoms with Crippen LogP contribution in [0.25, 0.3) is 5.70 Å². The SMILES string of the molecule is CC(C)Oc1ccc(C2(C(C)C(=O)O)ONC3=C2CCc2cc(CN)ccc23)cc1C#N. The van der Waals surface area contributed by atoms with Crippen molar-refractivity contribution in [3.63, 3.8) is 0 Å². The second-order valence-electron chi connectivity index (χ2n) is 8.54. The molecule has 0 fully saturated rings. The van der Waals surface area contributed by atoms with E-state index in [-0.39, 0.29) is 6.10 Å². The van der Waals surface area contributed by atoms with Gasteiger partial charge < -0.3 is 15.6 Å². The maximum absolute atomic E-state index is 12.2. The number of carboxylic acids is 1. The number of nitrogens with one attached hydrogen (secondary N) is 1. The molecule has 2 aliphatic rings. The van der Waals surface area contributed by atoms with Crippen LogP contribution in [-0.2, 0) is 28.2 Å². The molecule has 0 aromatic heterocycles. The summed E-state index contributed by atoms with van der Waals surface area (Å²) in [7, 11) is 0. The Balaban J connectivity index is 1.89. The summed E-state index contributed by atoms with van der Waals surface area (Å²) >= 11 is 0. The van der Waals surface area contributed by atoms with E-state index in [0.717, 1.165) is 34.4 Å². The number of aliphatic carboxylic acids is 1. The first-order valence-electron chi connectivity index (χ1n) is 10.8.